The van der Waals surface area contributed by atoms with Gasteiger partial charge in [-0.15, -0.1) is 0 Å². The van der Waals surface area contributed by atoms with Crippen molar-refractivity contribution in [2.75, 3.05) is 0 Å². The lowest BCUT2D eigenvalue weighted by atomic mass is 10.1. The molecule has 3 aromatic carbocycles. The highest BCUT2D eigenvalue weighted by atomic mass is 79.9. The number of ether oxygens (including phenoxy) is 1. The van der Waals surface area contributed by atoms with Gasteiger partial charge in [0, 0.05) is 25.4 Å². The van der Waals surface area contributed by atoms with Crippen LogP contribution < -0.4 is 4.74 Å². The van der Waals surface area contributed by atoms with E-state index in [4.69, 9.17) is 4.74 Å². The van der Waals surface area contributed by atoms with Gasteiger partial charge < -0.3 is 9.30 Å². The van der Waals surface area contributed by atoms with Gasteiger partial charge >= 0.3 is 0 Å². The van der Waals surface area contributed by atoms with Crippen molar-refractivity contribution in [3.63, 3.8) is 0 Å². The minimum absolute atomic E-state index is 0.193. The van der Waals surface area contributed by atoms with Crippen LogP contribution in [0.3, 0.4) is 0 Å². The van der Waals surface area contributed by atoms with Crippen molar-refractivity contribution in [1.82, 2.24) is 4.57 Å². The number of nitrogens with zero attached hydrogens (tertiary/aromatic N) is 1. The van der Waals surface area contributed by atoms with Gasteiger partial charge in [0.1, 0.15) is 5.75 Å². The van der Waals surface area contributed by atoms with Gasteiger partial charge in [-0.1, -0.05) is 45.7 Å². The van der Waals surface area contributed by atoms with E-state index in [1.807, 2.05) is 0 Å². The van der Waals surface area contributed by atoms with Crippen LogP contribution in [0.15, 0.2) is 69.6 Å². The van der Waals surface area contributed by atoms with E-state index in [2.05, 4.69) is 118 Å². The average Bonchev–Trinajstić information content (AvgIpc) is 2.95. The Labute approximate surface area is 176 Å². The second kappa shape index (κ2) is 7.33. The molecule has 0 aliphatic heterocycles. The summed E-state index contributed by atoms with van der Waals surface area (Å²) < 4.78 is 10.5. The summed E-state index contributed by atoms with van der Waals surface area (Å²) in [6.07, 6.45) is 0.193. The van der Waals surface area contributed by atoms with E-state index < -0.39 is 0 Å². The molecule has 4 aromatic rings. The summed E-state index contributed by atoms with van der Waals surface area (Å²) in [6, 6.07) is 21.3. The lowest BCUT2D eigenvalue weighted by Crippen LogP contribution is -2.18. The van der Waals surface area contributed by atoms with Gasteiger partial charge in [-0.05, 0) is 73.5 Å². The zero-order valence-electron chi connectivity index (χ0n) is 15.5. The molecule has 27 heavy (non-hydrogen) atoms. The quantitative estimate of drug-likeness (QED) is 0.287. The molecule has 1 atom stereocenters. The highest BCUT2D eigenvalue weighted by Gasteiger charge is 2.14. The predicted molar refractivity (Wildman–Crippen MR) is 121 cm³/mol. The molecule has 0 saturated carbocycles. The Morgan fingerprint density at radius 2 is 1.26 bits per heavy atom. The van der Waals surface area contributed by atoms with Crippen molar-refractivity contribution in [3.05, 3.63) is 69.6 Å². The number of rotatable bonds is 4. The predicted octanol–water partition coefficient (Wildman–Crippen LogP) is 7.73. The molecule has 4 heteroatoms. The van der Waals surface area contributed by atoms with E-state index >= 15 is 0 Å². The molecular formula is C23H21Br2NO. The first-order valence-corrected chi connectivity index (χ1v) is 10.7. The second-order valence-electron chi connectivity index (χ2n) is 7.22. The first kappa shape index (κ1) is 18.6. The Morgan fingerprint density at radius 1 is 0.741 bits per heavy atom. The molecule has 0 amide bonds. The minimum atomic E-state index is 0.193. The Morgan fingerprint density at radius 3 is 1.74 bits per heavy atom. The summed E-state index contributed by atoms with van der Waals surface area (Å²) in [7, 11) is 0. The van der Waals surface area contributed by atoms with E-state index in [-0.39, 0.29) is 6.10 Å². The second-order valence-corrected chi connectivity index (χ2v) is 9.05. The van der Waals surface area contributed by atoms with Crippen LogP contribution in [0.2, 0.25) is 0 Å². The van der Waals surface area contributed by atoms with Crippen molar-refractivity contribution in [2.45, 2.75) is 26.9 Å². The molecule has 0 N–H and O–H groups in total. The molecule has 0 aliphatic carbocycles. The molecule has 0 saturated heterocycles. The van der Waals surface area contributed by atoms with Crippen molar-refractivity contribution >= 4 is 53.7 Å². The monoisotopic (exact) mass is 485 g/mol. The van der Waals surface area contributed by atoms with Crippen molar-refractivity contribution < 1.29 is 4.74 Å². The molecular weight excluding hydrogens is 466 g/mol. The van der Waals surface area contributed by atoms with E-state index in [1.54, 1.807) is 0 Å². The number of fused-ring (bicyclic) bond motifs is 3. The van der Waals surface area contributed by atoms with E-state index in [9.17, 15) is 0 Å². The maximum atomic E-state index is 6.03. The van der Waals surface area contributed by atoms with Gasteiger partial charge in [-0.3, -0.25) is 0 Å². The zero-order valence-corrected chi connectivity index (χ0v) is 18.7. The zero-order chi connectivity index (χ0) is 19.1. The Hall–Kier alpha value is -1.78. The van der Waals surface area contributed by atoms with Gasteiger partial charge in [0.05, 0.1) is 17.1 Å². The first-order valence-electron chi connectivity index (χ1n) is 9.10. The SMILES string of the molecule is CC(C)C(C)Oc1ccc(-n2c3ccc(Br)cc3c3cc(Br)ccc32)cc1. The third-order valence-electron chi connectivity index (χ3n) is 5.04. The normalized spacial score (nSPS) is 12.8. The summed E-state index contributed by atoms with van der Waals surface area (Å²) in [5.41, 5.74) is 3.51. The molecule has 4 rings (SSSR count). The fourth-order valence-corrected chi connectivity index (χ4v) is 3.99. The van der Waals surface area contributed by atoms with Crippen LogP contribution in [0.4, 0.5) is 0 Å². The van der Waals surface area contributed by atoms with Crippen LogP contribution in [0.1, 0.15) is 20.8 Å². The lowest BCUT2D eigenvalue weighted by molar-refractivity contribution is 0.170. The van der Waals surface area contributed by atoms with E-state index in [1.165, 1.54) is 21.8 Å². The molecule has 138 valence electrons. The third kappa shape index (κ3) is 3.53. The van der Waals surface area contributed by atoms with Crippen molar-refractivity contribution in [1.29, 1.82) is 0 Å². The Kier molecular flexibility index (Phi) is 5.04. The topological polar surface area (TPSA) is 14.2 Å². The van der Waals surface area contributed by atoms with Crippen LogP contribution >= 0.6 is 31.9 Å². The highest BCUT2D eigenvalue weighted by molar-refractivity contribution is 9.10. The Bertz CT molecular complexity index is 1050. The number of hydrogen-bond donors (Lipinski definition) is 0. The molecule has 0 spiro atoms. The van der Waals surface area contributed by atoms with E-state index in [0.29, 0.717) is 5.92 Å². The van der Waals surface area contributed by atoms with Crippen LogP contribution in [0.25, 0.3) is 27.5 Å². The fourth-order valence-electron chi connectivity index (χ4n) is 3.27. The first-order chi connectivity index (χ1) is 12.9. The number of halogens is 2. The molecule has 1 heterocycles. The smallest absolute Gasteiger partial charge is 0.119 e. The number of aromatic nitrogens is 1. The largest absolute Gasteiger partial charge is 0.490 e. The van der Waals surface area contributed by atoms with Gasteiger partial charge in [-0.2, -0.15) is 0 Å². The molecule has 2 nitrogen and oxygen atoms in total. The molecule has 0 bridgehead atoms. The van der Waals surface area contributed by atoms with Crippen molar-refractivity contribution in [2.24, 2.45) is 5.92 Å². The maximum absolute atomic E-state index is 6.03. The van der Waals surface area contributed by atoms with Crippen LogP contribution in [0.5, 0.6) is 5.75 Å². The van der Waals surface area contributed by atoms with Gasteiger partial charge in [0.15, 0.2) is 0 Å². The highest BCUT2D eigenvalue weighted by Crippen LogP contribution is 2.35. The average molecular weight is 487 g/mol. The minimum Gasteiger partial charge on any atom is -0.490 e. The molecule has 0 aliphatic rings. The summed E-state index contributed by atoms with van der Waals surface area (Å²) in [5, 5.41) is 2.46. The molecule has 0 fully saturated rings. The maximum Gasteiger partial charge on any atom is 0.119 e. The van der Waals surface area contributed by atoms with E-state index in [0.717, 1.165) is 20.4 Å². The van der Waals surface area contributed by atoms with Gasteiger partial charge in [0.2, 0.25) is 0 Å². The van der Waals surface area contributed by atoms with Crippen LogP contribution in [-0.4, -0.2) is 10.7 Å². The summed E-state index contributed by atoms with van der Waals surface area (Å²) >= 11 is 7.22. The summed E-state index contributed by atoms with van der Waals surface area (Å²) in [6.45, 7) is 6.46. The standard InChI is InChI=1S/C23H21Br2NO/c1-14(2)15(3)27-19-8-6-18(7-9-19)26-22-10-4-16(24)12-20(22)21-13-17(25)5-11-23(21)26/h4-15H,1-3H3. The fraction of sp³-hybridized carbons (Fsp3) is 0.217. The Balaban J connectivity index is 1.85. The lowest BCUT2D eigenvalue weighted by Gasteiger charge is -2.18. The van der Waals surface area contributed by atoms with Gasteiger partial charge in [0.25, 0.3) is 0 Å². The number of benzene rings is 3. The van der Waals surface area contributed by atoms with Gasteiger partial charge in [-0.25, -0.2) is 0 Å². The van der Waals surface area contributed by atoms with Crippen LogP contribution in [0, 0.1) is 5.92 Å². The number of hydrogen-bond acceptors (Lipinski definition) is 1. The van der Waals surface area contributed by atoms with Crippen molar-refractivity contribution in [3.8, 4) is 11.4 Å². The van der Waals surface area contributed by atoms with Crippen LogP contribution in [-0.2, 0) is 0 Å². The molecule has 1 aromatic heterocycles. The summed E-state index contributed by atoms with van der Waals surface area (Å²) in [5.74, 6) is 1.39. The molecule has 0 radical (unpaired) electrons. The summed E-state index contributed by atoms with van der Waals surface area (Å²) in [4.78, 5) is 0. The third-order valence-corrected chi connectivity index (χ3v) is 6.03. The molecule has 1 unspecified atom stereocenters.